The summed E-state index contributed by atoms with van der Waals surface area (Å²) in [6.45, 7) is 6.31. The molecule has 8 nitrogen and oxygen atoms in total. The maximum Gasteiger partial charge on any atom is 0.416 e. The van der Waals surface area contributed by atoms with Gasteiger partial charge in [0.05, 0.1) is 0 Å². The summed E-state index contributed by atoms with van der Waals surface area (Å²) in [4.78, 5) is 31.6. The number of hydrogen-bond donors (Lipinski definition) is 1. The Morgan fingerprint density at radius 1 is 1.16 bits per heavy atom. The molecule has 0 radical (unpaired) electrons. The summed E-state index contributed by atoms with van der Waals surface area (Å²) < 4.78 is 24.2. The van der Waals surface area contributed by atoms with E-state index in [0.29, 0.717) is 26.1 Å². The van der Waals surface area contributed by atoms with Crippen molar-refractivity contribution in [2.75, 3.05) is 18.1 Å². The number of benzene rings is 1. The molecule has 1 saturated heterocycles. The summed E-state index contributed by atoms with van der Waals surface area (Å²) in [5.41, 5.74) is -0.552. The van der Waals surface area contributed by atoms with Crippen LogP contribution in [0.25, 0.3) is 0 Å². The number of Topliss-reactive ketones (excluding diaryl/α,β-unsaturated/α-hetero) is 1. The molecule has 0 saturated carbocycles. The van der Waals surface area contributed by atoms with Crippen molar-refractivity contribution < 1.29 is 28.7 Å². The zero-order valence-electron chi connectivity index (χ0n) is 18.2. The number of anilines is 1. The van der Waals surface area contributed by atoms with Gasteiger partial charge in [-0.25, -0.2) is 14.2 Å². The second-order valence-electron chi connectivity index (χ2n) is 8.38. The summed E-state index contributed by atoms with van der Waals surface area (Å²) in [6, 6.07) is 7.70. The average molecular weight is 443 g/mol. The van der Waals surface area contributed by atoms with Crippen molar-refractivity contribution in [2.45, 2.75) is 45.3 Å². The Kier molecular flexibility index (Phi) is 7.19. The maximum absolute atomic E-state index is 13.2. The van der Waals surface area contributed by atoms with Crippen LogP contribution in [0, 0.1) is 5.82 Å². The van der Waals surface area contributed by atoms with E-state index in [4.69, 9.17) is 9.47 Å². The molecule has 1 aromatic heterocycles. The molecule has 1 aliphatic heterocycles. The maximum atomic E-state index is 13.2. The number of aromatic nitrogens is 1. The van der Waals surface area contributed by atoms with Crippen LogP contribution in [0.2, 0.25) is 0 Å². The van der Waals surface area contributed by atoms with Crippen LogP contribution in [0.5, 0.6) is 0 Å². The molecule has 1 aromatic carbocycles. The number of hydrogen-bond acceptors (Lipinski definition) is 7. The van der Waals surface area contributed by atoms with Gasteiger partial charge >= 0.3 is 6.09 Å². The fourth-order valence-electron chi connectivity index (χ4n) is 3.35. The van der Waals surface area contributed by atoms with E-state index in [-0.39, 0.29) is 28.7 Å². The third-order valence-corrected chi connectivity index (χ3v) is 4.83. The van der Waals surface area contributed by atoms with Gasteiger partial charge in [-0.3, -0.25) is 9.69 Å². The Morgan fingerprint density at radius 2 is 1.81 bits per heavy atom. The van der Waals surface area contributed by atoms with Crippen LogP contribution in [-0.4, -0.2) is 52.6 Å². The zero-order chi connectivity index (χ0) is 23.3. The number of ether oxygens (including phenoxy) is 2. The van der Waals surface area contributed by atoms with Crippen LogP contribution in [0.3, 0.4) is 0 Å². The first-order valence-electron chi connectivity index (χ1n) is 10.3. The Hall–Kier alpha value is -3.33. The standard InChI is InChI=1S/C23H26FN3O5/c1-23(2,3)32-22(29)27(18-9-12-31-13-10-18)19-14-16(8-11-25-19)20(26-30)21(28)15-4-6-17(24)7-5-15/h4-8,11,14,18,30H,9-10,12-13H2,1-3H3/b26-20-. The van der Waals surface area contributed by atoms with Crippen molar-refractivity contribution in [1.82, 2.24) is 4.98 Å². The van der Waals surface area contributed by atoms with Gasteiger partial charge in [0.25, 0.3) is 0 Å². The molecule has 1 fully saturated rings. The number of amides is 1. The zero-order valence-corrected chi connectivity index (χ0v) is 18.2. The molecule has 9 heteroatoms. The van der Waals surface area contributed by atoms with Gasteiger partial charge in [0.2, 0.25) is 5.78 Å². The molecular weight excluding hydrogens is 417 g/mol. The SMILES string of the molecule is CC(C)(C)OC(=O)N(c1cc(/C(=N/O)C(=O)c2ccc(F)cc2)ccn1)C1CCOCC1. The molecule has 1 N–H and O–H groups in total. The van der Waals surface area contributed by atoms with Crippen molar-refractivity contribution >= 4 is 23.4 Å². The molecule has 0 unspecified atom stereocenters. The van der Waals surface area contributed by atoms with Crippen LogP contribution in [0.4, 0.5) is 15.0 Å². The number of carbonyl (C=O) groups excluding carboxylic acids is 2. The van der Waals surface area contributed by atoms with Gasteiger partial charge in [-0.2, -0.15) is 0 Å². The highest BCUT2D eigenvalue weighted by Crippen LogP contribution is 2.25. The van der Waals surface area contributed by atoms with Gasteiger partial charge in [-0.1, -0.05) is 5.16 Å². The number of ketones is 1. The molecule has 3 rings (SSSR count). The van der Waals surface area contributed by atoms with Crippen LogP contribution in [0.15, 0.2) is 47.8 Å². The van der Waals surface area contributed by atoms with Crippen molar-refractivity contribution in [3.63, 3.8) is 0 Å². The summed E-state index contributed by atoms with van der Waals surface area (Å²) in [6.07, 6.45) is 2.05. The molecule has 0 atom stereocenters. The highest BCUT2D eigenvalue weighted by Gasteiger charge is 2.32. The van der Waals surface area contributed by atoms with E-state index in [1.54, 1.807) is 20.8 Å². The lowest BCUT2D eigenvalue weighted by molar-refractivity contribution is 0.0485. The summed E-state index contributed by atoms with van der Waals surface area (Å²) in [7, 11) is 0. The van der Waals surface area contributed by atoms with Gasteiger partial charge in [0.1, 0.15) is 17.2 Å². The van der Waals surface area contributed by atoms with E-state index in [2.05, 4.69) is 10.1 Å². The Labute approximate surface area is 185 Å². The average Bonchev–Trinajstić information content (AvgIpc) is 2.75. The Bertz CT molecular complexity index is 995. The number of oxime groups is 1. The first-order valence-corrected chi connectivity index (χ1v) is 10.3. The van der Waals surface area contributed by atoms with Crippen LogP contribution >= 0.6 is 0 Å². The van der Waals surface area contributed by atoms with E-state index >= 15 is 0 Å². The van der Waals surface area contributed by atoms with E-state index < -0.39 is 23.3 Å². The lowest BCUT2D eigenvalue weighted by Crippen LogP contribution is -2.46. The molecule has 2 aromatic rings. The molecule has 32 heavy (non-hydrogen) atoms. The molecule has 1 aliphatic rings. The van der Waals surface area contributed by atoms with Gasteiger partial charge in [0.15, 0.2) is 5.71 Å². The van der Waals surface area contributed by atoms with Crippen LogP contribution in [-0.2, 0) is 9.47 Å². The smallest absolute Gasteiger partial charge is 0.416 e. The highest BCUT2D eigenvalue weighted by molar-refractivity contribution is 6.51. The van der Waals surface area contributed by atoms with E-state index in [1.165, 1.54) is 35.4 Å². The predicted molar refractivity (Wildman–Crippen MR) is 116 cm³/mol. The highest BCUT2D eigenvalue weighted by atomic mass is 19.1. The normalized spacial score (nSPS) is 15.3. The second-order valence-corrected chi connectivity index (χ2v) is 8.38. The molecule has 1 amide bonds. The fourth-order valence-corrected chi connectivity index (χ4v) is 3.35. The third kappa shape index (κ3) is 5.67. The monoisotopic (exact) mass is 443 g/mol. The number of nitrogens with zero attached hydrogens (tertiary/aromatic N) is 3. The largest absolute Gasteiger partial charge is 0.443 e. The number of pyridine rings is 1. The van der Waals surface area contributed by atoms with E-state index in [0.717, 1.165) is 12.1 Å². The predicted octanol–water partition coefficient (Wildman–Crippen LogP) is 4.20. The van der Waals surface area contributed by atoms with Gasteiger partial charge in [0, 0.05) is 36.6 Å². The summed E-state index contributed by atoms with van der Waals surface area (Å²) in [5, 5.41) is 12.7. The second kappa shape index (κ2) is 9.86. The first-order chi connectivity index (χ1) is 15.2. The number of halogens is 1. The van der Waals surface area contributed by atoms with Gasteiger partial charge in [-0.15, -0.1) is 0 Å². The molecule has 2 heterocycles. The lowest BCUT2D eigenvalue weighted by Gasteiger charge is -2.34. The minimum atomic E-state index is -0.714. The van der Waals surface area contributed by atoms with E-state index in [1.807, 2.05) is 0 Å². The lowest BCUT2D eigenvalue weighted by atomic mass is 10.0. The van der Waals surface area contributed by atoms with Crippen molar-refractivity contribution in [1.29, 1.82) is 0 Å². The molecule has 170 valence electrons. The third-order valence-electron chi connectivity index (χ3n) is 4.83. The van der Waals surface area contributed by atoms with Gasteiger partial charge < -0.3 is 14.7 Å². The van der Waals surface area contributed by atoms with E-state index in [9.17, 15) is 19.2 Å². The Morgan fingerprint density at radius 3 is 2.41 bits per heavy atom. The fraction of sp³-hybridized carbons (Fsp3) is 0.391. The molecule has 0 bridgehead atoms. The summed E-state index contributed by atoms with van der Waals surface area (Å²) >= 11 is 0. The number of carbonyl (C=O) groups is 2. The van der Waals surface area contributed by atoms with Crippen molar-refractivity contribution in [2.24, 2.45) is 5.16 Å². The quantitative estimate of drug-likeness (QED) is 0.322. The molecule has 0 aliphatic carbocycles. The minimum absolute atomic E-state index is 0.158. The first kappa shape index (κ1) is 23.3. The van der Waals surface area contributed by atoms with Crippen LogP contribution < -0.4 is 4.90 Å². The molecular formula is C23H26FN3O5. The van der Waals surface area contributed by atoms with Gasteiger partial charge in [-0.05, 0) is 70.0 Å². The number of rotatable bonds is 5. The molecule has 0 spiro atoms. The van der Waals surface area contributed by atoms with Crippen molar-refractivity contribution in [3.8, 4) is 0 Å². The Balaban J connectivity index is 1.96. The van der Waals surface area contributed by atoms with Crippen molar-refractivity contribution in [3.05, 3.63) is 59.5 Å². The summed E-state index contributed by atoms with van der Waals surface area (Å²) in [5.74, 6) is -0.823. The topological polar surface area (TPSA) is 101 Å². The minimum Gasteiger partial charge on any atom is -0.443 e. The van der Waals surface area contributed by atoms with Crippen LogP contribution in [0.1, 0.15) is 49.5 Å².